The van der Waals surface area contributed by atoms with Gasteiger partial charge in [0, 0.05) is 68.8 Å². The highest BCUT2D eigenvalue weighted by Gasteiger charge is 2.30. The molecule has 5 heterocycles. The van der Waals surface area contributed by atoms with Crippen LogP contribution in [0, 0.1) is 22.7 Å². The number of hydrogen-bond acceptors (Lipinski definition) is 9. The van der Waals surface area contributed by atoms with E-state index >= 15 is 0 Å². The number of carbonyl (C=O) groups excluding carboxylic acids is 2. The second kappa shape index (κ2) is 11.4. The first-order valence-corrected chi connectivity index (χ1v) is 13.1. The molecule has 2 aliphatic rings. The lowest BCUT2D eigenvalue weighted by Crippen LogP contribution is -2.45. The fourth-order valence-corrected chi connectivity index (χ4v) is 5.35. The summed E-state index contributed by atoms with van der Waals surface area (Å²) in [6, 6.07) is 7.71. The second-order valence-corrected chi connectivity index (χ2v) is 9.91. The van der Waals surface area contributed by atoms with Crippen molar-refractivity contribution in [3.05, 3.63) is 30.7 Å². The molecule has 2 unspecified atom stereocenters. The van der Waals surface area contributed by atoms with Crippen LogP contribution in [0.3, 0.4) is 0 Å². The number of nitriles is 2. The molecule has 0 spiro atoms. The van der Waals surface area contributed by atoms with E-state index in [2.05, 4.69) is 25.2 Å². The molecule has 0 saturated carbocycles. The number of H-pyrrole nitrogens is 1. The van der Waals surface area contributed by atoms with Crippen molar-refractivity contribution in [3.8, 4) is 23.4 Å². The smallest absolute Gasteiger partial charge is 0.236 e. The van der Waals surface area contributed by atoms with Crippen molar-refractivity contribution in [2.45, 2.75) is 44.2 Å². The van der Waals surface area contributed by atoms with Gasteiger partial charge in [-0.15, -0.1) is 0 Å². The Balaban J connectivity index is 1.40. The van der Waals surface area contributed by atoms with Crippen LogP contribution in [0.1, 0.15) is 32.1 Å². The van der Waals surface area contributed by atoms with Gasteiger partial charge in [-0.3, -0.25) is 9.59 Å². The van der Waals surface area contributed by atoms with Gasteiger partial charge in [0.2, 0.25) is 17.8 Å². The number of nitrogens with one attached hydrogen (secondary N) is 2. The molecule has 2 aliphatic heterocycles. The minimum absolute atomic E-state index is 0.00815. The number of piperidine rings is 1. The first-order chi connectivity index (χ1) is 19.0. The Bertz CT molecular complexity index is 1450. The molecule has 5 rings (SSSR count). The van der Waals surface area contributed by atoms with Crippen LogP contribution in [0.5, 0.6) is 0 Å². The first-order valence-electron chi connectivity index (χ1n) is 13.1. The molecule has 3 aromatic heterocycles. The number of carbonyl (C=O) groups is 2. The number of aromatic amines is 1. The van der Waals surface area contributed by atoms with Gasteiger partial charge in [-0.25, -0.2) is 15.0 Å². The minimum Gasteiger partial charge on any atom is -0.379 e. The van der Waals surface area contributed by atoms with Crippen LogP contribution in [0.15, 0.2) is 30.7 Å². The van der Waals surface area contributed by atoms with Crippen molar-refractivity contribution in [1.82, 2.24) is 29.7 Å². The Hall–Kier alpha value is -4.71. The second-order valence-electron chi connectivity index (χ2n) is 9.91. The Morgan fingerprint density at radius 3 is 2.82 bits per heavy atom. The maximum Gasteiger partial charge on any atom is 0.236 e. The Morgan fingerprint density at radius 1 is 1.15 bits per heavy atom. The first kappa shape index (κ1) is 25.9. The van der Waals surface area contributed by atoms with Gasteiger partial charge < -0.3 is 25.0 Å². The number of rotatable bonds is 7. The summed E-state index contributed by atoms with van der Waals surface area (Å²) >= 11 is 0. The topological polar surface area (TPSA) is 158 Å². The van der Waals surface area contributed by atoms with Crippen LogP contribution < -0.4 is 10.2 Å². The van der Waals surface area contributed by atoms with E-state index in [-0.39, 0.29) is 36.7 Å². The summed E-state index contributed by atoms with van der Waals surface area (Å²) in [5, 5.41) is 22.4. The molecule has 2 fully saturated rings. The van der Waals surface area contributed by atoms with Gasteiger partial charge in [0.1, 0.15) is 18.5 Å². The number of nitrogens with zero attached hydrogens (tertiary/aromatic N) is 8. The zero-order valence-electron chi connectivity index (χ0n) is 21.8. The molecule has 2 N–H and O–H groups in total. The lowest BCUT2D eigenvalue weighted by Gasteiger charge is -2.34. The fourth-order valence-electron chi connectivity index (χ4n) is 5.35. The van der Waals surface area contributed by atoms with Crippen LogP contribution in [0.2, 0.25) is 0 Å². The van der Waals surface area contributed by atoms with E-state index in [1.165, 1.54) is 0 Å². The third-order valence-corrected chi connectivity index (χ3v) is 7.48. The monoisotopic (exact) mass is 526 g/mol. The zero-order chi connectivity index (χ0) is 27.4. The Kier molecular flexibility index (Phi) is 7.55. The van der Waals surface area contributed by atoms with E-state index in [9.17, 15) is 9.59 Å². The van der Waals surface area contributed by atoms with Gasteiger partial charge in [-0.1, -0.05) is 0 Å². The van der Waals surface area contributed by atoms with Gasteiger partial charge in [0.25, 0.3) is 0 Å². The van der Waals surface area contributed by atoms with Crippen molar-refractivity contribution in [3.63, 3.8) is 0 Å². The van der Waals surface area contributed by atoms with E-state index in [1.807, 2.05) is 30.5 Å². The fraction of sp³-hybridized carbons (Fsp3) is 0.444. The summed E-state index contributed by atoms with van der Waals surface area (Å²) in [4.78, 5) is 47.2. The lowest BCUT2D eigenvalue weighted by atomic mass is 10.0. The summed E-state index contributed by atoms with van der Waals surface area (Å²) in [6.45, 7) is 2.47. The average molecular weight is 527 g/mol. The summed E-state index contributed by atoms with van der Waals surface area (Å²) in [5.41, 5.74) is 3.16. The van der Waals surface area contributed by atoms with Crippen LogP contribution in [-0.2, 0) is 9.59 Å². The molecule has 0 aromatic carbocycles. The maximum atomic E-state index is 12.4. The van der Waals surface area contributed by atoms with Gasteiger partial charge in [-0.2, -0.15) is 10.5 Å². The van der Waals surface area contributed by atoms with E-state index in [0.717, 1.165) is 41.5 Å². The normalized spacial score (nSPS) is 18.9. The number of pyridine rings is 1. The molecule has 0 radical (unpaired) electrons. The number of fused-ring (bicyclic) bond motifs is 1. The van der Waals surface area contributed by atoms with Gasteiger partial charge in [0.15, 0.2) is 0 Å². The van der Waals surface area contributed by atoms with Gasteiger partial charge in [-0.05, 0) is 31.4 Å². The molecule has 200 valence electrons. The number of likely N-dealkylation sites (N-methyl/N-ethyl adjacent to an activating group) is 1. The summed E-state index contributed by atoms with van der Waals surface area (Å²) < 4.78 is 0. The van der Waals surface area contributed by atoms with Crippen LogP contribution in [0.4, 0.5) is 11.6 Å². The van der Waals surface area contributed by atoms with E-state index in [1.54, 1.807) is 29.2 Å². The molecule has 12 heteroatoms. The number of likely N-dealkylation sites (tertiary alicyclic amines) is 1. The summed E-state index contributed by atoms with van der Waals surface area (Å²) in [7, 11) is 1.74. The van der Waals surface area contributed by atoms with E-state index in [4.69, 9.17) is 15.5 Å². The standard InChI is InChI=1S/C27H30N10O2/c1-35(23(38)4-9-28)19-8-14-37(17-19)27-31-12-7-22(34-27)21-15-32-26-20(6-11-30-26)25(21)33-18-3-2-13-36(16-18)24(39)5-10-29/h6-7,11-12,15,18-19H,2-5,8,13-14,16-17H2,1H3,(H2,30,32,33). The van der Waals surface area contributed by atoms with Crippen molar-refractivity contribution in [2.75, 3.05) is 43.4 Å². The summed E-state index contributed by atoms with van der Waals surface area (Å²) in [5.74, 6) is 0.244. The molecule has 2 atom stereocenters. The molecule has 39 heavy (non-hydrogen) atoms. The molecule has 0 aliphatic carbocycles. The third-order valence-electron chi connectivity index (χ3n) is 7.48. The molecular formula is C27H30N10O2. The summed E-state index contributed by atoms with van der Waals surface area (Å²) in [6.07, 6.45) is 7.63. The Labute approximate surface area is 226 Å². The molecule has 3 aromatic rings. The van der Waals surface area contributed by atoms with E-state index in [0.29, 0.717) is 37.8 Å². The van der Waals surface area contributed by atoms with Gasteiger partial charge >= 0.3 is 0 Å². The average Bonchev–Trinajstić information content (AvgIpc) is 3.64. The number of anilines is 2. The predicted octanol–water partition coefficient (Wildman–Crippen LogP) is 2.29. The van der Waals surface area contributed by atoms with E-state index < -0.39 is 0 Å². The quantitative estimate of drug-likeness (QED) is 0.471. The largest absolute Gasteiger partial charge is 0.379 e. The lowest BCUT2D eigenvalue weighted by molar-refractivity contribution is -0.131. The number of aromatic nitrogens is 4. The SMILES string of the molecule is CN(C(=O)CC#N)C1CCN(c2nccc(-c3cnc4[nH]ccc4c3NC3CCCN(C(=O)CC#N)C3)n2)C1. The highest BCUT2D eigenvalue weighted by Crippen LogP contribution is 2.34. The zero-order valence-corrected chi connectivity index (χ0v) is 21.8. The van der Waals surface area contributed by atoms with Crippen molar-refractivity contribution >= 4 is 34.5 Å². The van der Waals surface area contributed by atoms with Crippen molar-refractivity contribution in [2.24, 2.45) is 0 Å². The number of hydrogen-bond donors (Lipinski definition) is 2. The van der Waals surface area contributed by atoms with Crippen molar-refractivity contribution < 1.29 is 9.59 Å². The van der Waals surface area contributed by atoms with Crippen LogP contribution in [0.25, 0.3) is 22.3 Å². The molecular weight excluding hydrogens is 496 g/mol. The molecule has 0 bridgehead atoms. The number of amides is 2. The van der Waals surface area contributed by atoms with Gasteiger partial charge in [0.05, 0.1) is 29.6 Å². The molecule has 2 amide bonds. The van der Waals surface area contributed by atoms with Crippen molar-refractivity contribution in [1.29, 1.82) is 10.5 Å². The molecule has 12 nitrogen and oxygen atoms in total. The Morgan fingerprint density at radius 2 is 2.00 bits per heavy atom. The predicted molar refractivity (Wildman–Crippen MR) is 144 cm³/mol. The van der Waals surface area contributed by atoms with Crippen LogP contribution >= 0.6 is 0 Å². The highest BCUT2D eigenvalue weighted by molar-refractivity contribution is 5.97. The highest BCUT2D eigenvalue weighted by atomic mass is 16.2. The molecule has 2 saturated heterocycles. The third kappa shape index (κ3) is 5.46. The minimum atomic E-state index is -0.184. The maximum absolute atomic E-state index is 12.4. The van der Waals surface area contributed by atoms with Crippen LogP contribution in [-0.4, -0.2) is 86.9 Å².